The van der Waals surface area contributed by atoms with Crippen LogP contribution in [-0.2, 0) is 14.4 Å². The van der Waals surface area contributed by atoms with Gasteiger partial charge in [0.1, 0.15) is 35.6 Å². The first kappa shape index (κ1) is 23.6. The van der Waals surface area contributed by atoms with Gasteiger partial charge in [0.05, 0.1) is 18.7 Å². The maximum absolute atomic E-state index is 13.0. The van der Waals surface area contributed by atoms with E-state index >= 15 is 0 Å². The van der Waals surface area contributed by atoms with E-state index in [-0.39, 0.29) is 22.2 Å². The van der Waals surface area contributed by atoms with Crippen molar-refractivity contribution in [3.8, 4) is 0 Å². The van der Waals surface area contributed by atoms with Gasteiger partial charge in [-0.15, -0.1) is 23.1 Å². The first-order valence-electron chi connectivity index (χ1n) is 11.1. The Morgan fingerprint density at radius 1 is 1.40 bits per heavy atom. The number of carbonyl (C=O) groups is 3. The number of nitrogens with zero attached hydrogens (tertiary/aromatic N) is 4. The minimum absolute atomic E-state index is 0.0806. The number of likely N-dealkylation sites (N-methyl/N-ethyl adjacent to an activating group) is 1. The highest BCUT2D eigenvalue weighted by Gasteiger charge is 2.54. The van der Waals surface area contributed by atoms with Gasteiger partial charge in [0.15, 0.2) is 10.8 Å². The molecule has 2 amide bonds. The molecular weight excluding hydrogens is 492 g/mol. The summed E-state index contributed by atoms with van der Waals surface area (Å²) in [5, 5.41) is 28.1. The predicted molar refractivity (Wildman–Crippen MR) is 128 cm³/mol. The molecule has 3 atom stereocenters. The van der Waals surface area contributed by atoms with Gasteiger partial charge in [-0.25, -0.2) is 4.98 Å². The minimum atomic E-state index is -1.41. The third-order valence-corrected chi connectivity index (χ3v) is 8.84. The monoisotopic (exact) mass is 516 g/mol. The molecule has 1 aromatic rings. The van der Waals surface area contributed by atoms with Crippen molar-refractivity contribution in [3.05, 3.63) is 45.9 Å². The third kappa shape index (κ3) is 3.93. The van der Waals surface area contributed by atoms with Crippen LogP contribution < -0.4 is 16.2 Å². The SMILES string of the molecule is C[N+]1(CC2=C(C(=O)[O-])N3C(=O)[C@@H](NC(=O)/C(=N\O)c4csc(N)n4)[C@H]3SC2)C=CC2=C1CCCC2. The number of carboxylic acid groups (broad SMARTS) is 1. The summed E-state index contributed by atoms with van der Waals surface area (Å²) in [6, 6.07) is -0.972. The molecule has 4 aliphatic rings. The smallest absolute Gasteiger partial charge is 0.276 e. The van der Waals surface area contributed by atoms with E-state index in [1.54, 1.807) is 0 Å². The Morgan fingerprint density at radius 2 is 2.17 bits per heavy atom. The van der Waals surface area contributed by atoms with Gasteiger partial charge in [0.25, 0.3) is 11.8 Å². The Kier molecular flexibility index (Phi) is 5.93. The molecule has 0 saturated carbocycles. The van der Waals surface area contributed by atoms with E-state index in [2.05, 4.69) is 34.8 Å². The number of thioether (sulfide) groups is 1. The summed E-state index contributed by atoms with van der Waals surface area (Å²) in [4.78, 5) is 43.0. The Hall–Kier alpha value is -3.16. The number of oxime groups is 1. The van der Waals surface area contributed by atoms with Gasteiger partial charge in [0.2, 0.25) is 0 Å². The predicted octanol–water partition coefficient (Wildman–Crippen LogP) is 0.110. The molecule has 13 heteroatoms. The second kappa shape index (κ2) is 8.81. The lowest BCUT2D eigenvalue weighted by atomic mass is 9.96. The highest BCUT2D eigenvalue weighted by Crippen LogP contribution is 2.43. The van der Waals surface area contributed by atoms with Crippen molar-refractivity contribution < 1.29 is 29.2 Å². The summed E-state index contributed by atoms with van der Waals surface area (Å²) >= 11 is 2.46. The van der Waals surface area contributed by atoms with Gasteiger partial charge in [-0.1, -0.05) is 5.16 Å². The largest absolute Gasteiger partial charge is 0.543 e. The number of aromatic nitrogens is 1. The van der Waals surface area contributed by atoms with Crippen molar-refractivity contribution in [1.29, 1.82) is 0 Å². The van der Waals surface area contributed by atoms with E-state index in [9.17, 15) is 24.7 Å². The fourth-order valence-corrected chi connectivity index (χ4v) is 7.06. The number of anilines is 1. The van der Waals surface area contributed by atoms with Crippen LogP contribution in [0.4, 0.5) is 5.13 Å². The van der Waals surface area contributed by atoms with Gasteiger partial charge >= 0.3 is 0 Å². The zero-order valence-corrected chi connectivity index (χ0v) is 20.5. The molecular formula is C22H24N6O5S2. The van der Waals surface area contributed by atoms with Gasteiger partial charge in [-0.05, 0) is 19.3 Å². The van der Waals surface area contributed by atoms with E-state index in [1.807, 2.05) is 0 Å². The molecule has 4 heterocycles. The van der Waals surface area contributed by atoms with Gasteiger partial charge < -0.3 is 26.2 Å². The molecule has 0 spiro atoms. The number of rotatable bonds is 6. The van der Waals surface area contributed by atoms with E-state index < -0.39 is 29.2 Å². The molecule has 0 bridgehead atoms. The fraction of sp³-hybridized carbons (Fsp3) is 0.409. The Labute approximate surface area is 209 Å². The van der Waals surface area contributed by atoms with E-state index in [1.165, 1.54) is 33.3 Å². The van der Waals surface area contributed by atoms with Crippen LogP contribution in [0.25, 0.3) is 0 Å². The van der Waals surface area contributed by atoms with Crippen molar-refractivity contribution in [2.45, 2.75) is 37.1 Å². The molecule has 1 fully saturated rings. The minimum Gasteiger partial charge on any atom is -0.543 e. The number of carboxylic acids is 1. The van der Waals surface area contributed by atoms with Crippen molar-refractivity contribution in [1.82, 2.24) is 15.2 Å². The second-order valence-electron chi connectivity index (χ2n) is 9.04. The maximum atomic E-state index is 13.0. The van der Waals surface area contributed by atoms with Crippen molar-refractivity contribution in [2.75, 3.05) is 25.1 Å². The zero-order chi connectivity index (χ0) is 24.9. The Morgan fingerprint density at radius 3 is 2.86 bits per heavy atom. The summed E-state index contributed by atoms with van der Waals surface area (Å²) in [5.74, 6) is -2.39. The number of aliphatic carboxylic acids is 1. The molecule has 184 valence electrons. The lowest BCUT2D eigenvalue weighted by Crippen LogP contribution is -2.71. The Balaban J connectivity index is 1.35. The molecule has 5 rings (SSSR count). The number of allylic oxidation sites excluding steroid dienone is 3. The van der Waals surface area contributed by atoms with Crippen LogP contribution in [0.1, 0.15) is 31.4 Å². The van der Waals surface area contributed by atoms with Crippen LogP contribution >= 0.6 is 23.1 Å². The highest BCUT2D eigenvalue weighted by molar-refractivity contribution is 8.00. The number of thiazole rings is 1. The summed E-state index contributed by atoms with van der Waals surface area (Å²) in [6.45, 7) is 0.436. The second-order valence-corrected chi connectivity index (χ2v) is 11.0. The van der Waals surface area contributed by atoms with Crippen LogP contribution in [0, 0.1) is 0 Å². The number of carbonyl (C=O) groups excluding carboxylic acids is 3. The number of β-lactam (4-membered cyclic amide) rings is 1. The molecule has 11 nitrogen and oxygen atoms in total. The quantitative estimate of drug-likeness (QED) is 0.158. The van der Waals surface area contributed by atoms with E-state index in [0.717, 1.165) is 37.0 Å². The lowest BCUT2D eigenvalue weighted by molar-refractivity contribution is -0.814. The number of nitrogen functional groups attached to an aromatic ring is 1. The molecule has 0 aromatic carbocycles. The molecule has 1 saturated heterocycles. The van der Waals surface area contributed by atoms with Gasteiger partial charge in [0, 0.05) is 34.8 Å². The molecule has 3 aliphatic heterocycles. The third-order valence-electron chi connectivity index (χ3n) is 6.83. The summed E-state index contributed by atoms with van der Waals surface area (Å²) < 4.78 is 0.502. The van der Waals surface area contributed by atoms with Crippen LogP contribution in [0.5, 0.6) is 0 Å². The topological polar surface area (TPSA) is 161 Å². The molecule has 1 unspecified atom stereocenters. The number of hydrogen-bond acceptors (Lipinski definition) is 10. The van der Waals surface area contributed by atoms with Crippen LogP contribution in [0.2, 0.25) is 0 Å². The van der Waals surface area contributed by atoms with E-state index in [0.29, 0.717) is 22.4 Å². The Bertz CT molecular complexity index is 1250. The average Bonchev–Trinajstić information content (AvgIpc) is 3.41. The normalized spacial score (nSPS) is 28.1. The van der Waals surface area contributed by atoms with Gasteiger partial charge in [-0.3, -0.25) is 19.0 Å². The number of nitrogens with two attached hydrogens (primary N) is 1. The van der Waals surface area contributed by atoms with Gasteiger partial charge in [-0.2, -0.15) is 0 Å². The molecule has 4 N–H and O–H groups in total. The lowest BCUT2D eigenvalue weighted by Gasteiger charge is -2.51. The van der Waals surface area contributed by atoms with Crippen molar-refractivity contribution >= 4 is 51.7 Å². The number of hydrogen-bond donors (Lipinski definition) is 3. The summed E-state index contributed by atoms with van der Waals surface area (Å²) in [7, 11) is 2.06. The standard InChI is InChI=1S/C22H24N6O5S2/c1-28(7-6-11-4-2-3-5-14(11)28)8-12-9-34-20-16(19(30)27(20)17(12)21(31)32)25-18(29)15(26-33)13-10-35-22(23)24-13/h6-7,10,16,20H,2-5,8-9H2,1H3,(H4-,23,24,25,29,31,32,33)/t16-,20-,28?/m1/s1. The number of amides is 2. The fourth-order valence-electron chi connectivity index (χ4n) is 5.18. The maximum Gasteiger partial charge on any atom is 0.276 e. The molecule has 35 heavy (non-hydrogen) atoms. The summed E-state index contributed by atoms with van der Waals surface area (Å²) in [6.07, 6.45) is 8.48. The highest BCUT2D eigenvalue weighted by atomic mass is 32.2. The average molecular weight is 517 g/mol. The van der Waals surface area contributed by atoms with Crippen molar-refractivity contribution in [3.63, 3.8) is 0 Å². The molecule has 0 radical (unpaired) electrons. The number of nitrogens with one attached hydrogen (secondary N) is 1. The number of fused-ring (bicyclic) bond motifs is 1. The van der Waals surface area contributed by atoms with Crippen LogP contribution in [0.15, 0.2) is 45.4 Å². The first-order chi connectivity index (χ1) is 16.7. The number of quaternary nitrogens is 1. The van der Waals surface area contributed by atoms with Crippen LogP contribution in [-0.4, -0.2) is 73.8 Å². The van der Waals surface area contributed by atoms with E-state index in [4.69, 9.17) is 5.73 Å². The molecule has 1 aromatic heterocycles. The summed E-state index contributed by atoms with van der Waals surface area (Å²) in [5.41, 5.74) is 8.41. The molecule has 1 aliphatic carbocycles. The zero-order valence-electron chi connectivity index (χ0n) is 18.9. The van der Waals surface area contributed by atoms with Crippen LogP contribution in [0.3, 0.4) is 0 Å². The van der Waals surface area contributed by atoms with Crippen molar-refractivity contribution in [2.24, 2.45) is 5.16 Å². The first-order valence-corrected chi connectivity index (χ1v) is 13.1.